The van der Waals surface area contributed by atoms with Gasteiger partial charge in [0.1, 0.15) is 5.65 Å². The zero-order valence-corrected chi connectivity index (χ0v) is 31.8. The van der Waals surface area contributed by atoms with Crippen molar-refractivity contribution in [2.45, 2.75) is 0 Å². The van der Waals surface area contributed by atoms with Gasteiger partial charge in [0.2, 0.25) is 5.95 Å². The monoisotopic (exact) mass is 751 g/mol. The van der Waals surface area contributed by atoms with Gasteiger partial charge in [-0.15, -0.1) is 0 Å². The molecule has 0 atom stereocenters. The zero-order valence-electron chi connectivity index (χ0n) is 31.8. The van der Waals surface area contributed by atoms with Crippen molar-refractivity contribution in [3.8, 4) is 33.9 Å². The number of para-hydroxylation sites is 5. The smallest absolute Gasteiger partial charge is 0.221 e. The predicted molar refractivity (Wildman–Crippen MR) is 245 cm³/mol. The van der Waals surface area contributed by atoms with Gasteiger partial charge in [-0.05, 0) is 94.4 Å². The molecule has 13 rings (SSSR count). The number of aromatic nitrogens is 5. The van der Waals surface area contributed by atoms with Gasteiger partial charge < -0.3 is 4.57 Å². The first-order valence-corrected chi connectivity index (χ1v) is 20.1. The molecular weight excluding hydrogens is 719 g/mol. The van der Waals surface area contributed by atoms with Crippen LogP contribution in [-0.4, -0.2) is 23.5 Å². The largest absolute Gasteiger partial charge is 0.309 e. The third-order valence-corrected chi connectivity index (χ3v) is 12.2. The van der Waals surface area contributed by atoms with Crippen molar-refractivity contribution in [2.75, 3.05) is 0 Å². The van der Waals surface area contributed by atoms with Crippen molar-refractivity contribution in [3.05, 3.63) is 200 Å². The summed E-state index contributed by atoms with van der Waals surface area (Å²) >= 11 is 0. The van der Waals surface area contributed by atoms with Crippen LogP contribution in [0.25, 0.3) is 116 Å². The van der Waals surface area contributed by atoms with E-state index in [2.05, 4.69) is 214 Å². The van der Waals surface area contributed by atoms with Crippen molar-refractivity contribution >= 4 is 82.0 Å². The molecule has 4 aromatic heterocycles. The van der Waals surface area contributed by atoms with Gasteiger partial charge in [-0.25, -0.2) is 9.97 Å². The van der Waals surface area contributed by atoms with Gasteiger partial charge in [0.15, 0.2) is 0 Å². The molecule has 0 unspecified atom stereocenters. The van der Waals surface area contributed by atoms with E-state index in [1.807, 2.05) is 0 Å². The van der Waals surface area contributed by atoms with Crippen LogP contribution in [0.2, 0.25) is 0 Å². The number of fused-ring (bicyclic) bond motifs is 13. The number of benzene rings is 9. The Labute approximate surface area is 338 Å². The second-order valence-corrected chi connectivity index (χ2v) is 15.4. The van der Waals surface area contributed by atoms with E-state index in [9.17, 15) is 0 Å². The van der Waals surface area contributed by atoms with Crippen LogP contribution in [0.3, 0.4) is 0 Å². The van der Waals surface area contributed by atoms with Crippen LogP contribution in [0.15, 0.2) is 200 Å². The van der Waals surface area contributed by atoms with E-state index < -0.39 is 0 Å². The number of hydrogen-bond donors (Lipinski definition) is 0. The Morgan fingerprint density at radius 1 is 0.322 bits per heavy atom. The molecule has 4 heterocycles. The lowest BCUT2D eigenvalue weighted by molar-refractivity contribution is 0.982. The molecule has 0 aliphatic heterocycles. The average Bonchev–Trinajstić information content (AvgIpc) is 3.97. The van der Waals surface area contributed by atoms with E-state index in [4.69, 9.17) is 9.97 Å². The third kappa shape index (κ3) is 4.61. The van der Waals surface area contributed by atoms with Gasteiger partial charge in [-0.3, -0.25) is 8.97 Å². The predicted octanol–water partition coefficient (Wildman–Crippen LogP) is 13.7. The zero-order chi connectivity index (χ0) is 38.6. The molecule has 0 amide bonds. The van der Waals surface area contributed by atoms with E-state index in [1.54, 1.807) is 0 Å². The first-order valence-electron chi connectivity index (χ1n) is 20.1. The fourth-order valence-electron chi connectivity index (χ4n) is 9.60. The highest BCUT2D eigenvalue weighted by molar-refractivity contribution is 6.22. The highest BCUT2D eigenvalue weighted by Crippen LogP contribution is 2.43. The van der Waals surface area contributed by atoms with Crippen molar-refractivity contribution in [3.63, 3.8) is 0 Å². The molecular formula is C54H33N5. The number of hydrogen-bond acceptors (Lipinski definition) is 2. The maximum atomic E-state index is 5.45. The van der Waals surface area contributed by atoms with Crippen LogP contribution in [0.1, 0.15) is 0 Å². The fourth-order valence-corrected chi connectivity index (χ4v) is 9.60. The summed E-state index contributed by atoms with van der Waals surface area (Å²) in [6.45, 7) is 0. The van der Waals surface area contributed by atoms with Crippen LogP contribution < -0.4 is 0 Å². The SMILES string of the molecule is c1ccc(-c2ccc(-n3c4ccccc4c4cc(-c5cc6c7ccccc7n(-c7nc8ccccc8c8nc9ccccc9n78)c6c6ccccc56)ccc43)cc2)cc1. The standard InChI is InChI=1S/C54H33N5/c1-2-14-34(15-3-1)35-26-29-37(30-27-35)57-48-23-11-7-17-39(48)44-32-36(28-31-50(44)57)43-33-45-40-18-8-12-24-49(40)58(52(45)41-19-5-4-16-38(41)43)54-56-46-21-9-6-20-42(46)53-55-47-22-10-13-25-51(47)59(53)54/h1-33H. The van der Waals surface area contributed by atoms with Crippen molar-refractivity contribution in [2.24, 2.45) is 0 Å². The maximum absolute atomic E-state index is 5.45. The molecule has 0 saturated heterocycles. The minimum Gasteiger partial charge on any atom is -0.309 e. The molecule has 5 nitrogen and oxygen atoms in total. The van der Waals surface area contributed by atoms with E-state index in [0.717, 1.165) is 50.3 Å². The Bertz CT molecular complexity index is 3830. The minimum atomic E-state index is 0.822. The molecule has 0 fully saturated rings. The molecule has 0 radical (unpaired) electrons. The Morgan fingerprint density at radius 3 is 1.66 bits per heavy atom. The van der Waals surface area contributed by atoms with Crippen LogP contribution in [0, 0.1) is 0 Å². The molecule has 0 N–H and O–H groups in total. The number of rotatable bonds is 4. The second kappa shape index (κ2) is 12.2. The normalized spacial score (nSPS) is 12.1. The van der Waals surface area contributed by atoms with E-state index in [1.165, 1.54) is 65.6 Å². The summed E-state index contributed by atoms with van der Waals surface area (Å²) in [7, 11) is 0. The van der Waals surface area contributed by atoms with Crippen molar-refractivity contribution in [1.29, 1.82) is 0 Å². The Balaban J connectivity index is 1.07. The van der Waals surface area contributed by atoms with Gasteiger partial charge in [0.05, 0.1) is 38.6 Å². The highest BCUT2D eigenvalue weighted by atomic mass is 15.2. The van der Waals surface area contributed by atoms with Crippen LogP contribution in [0.5, 0.6) is 0 Å². The minimum absolute atomic E-state index is 0.822. The molecule has 0 aliphatic rings. The maximum Gasteiger partial charge on any atom is 0.221 e. The summed E-state index contributed by atoms with van der Waals surface area (Å²) in [6, 6.07) is 72.0. The second-order valence-electron chi connectivity index (χ2n) is 15.4. The quantitative estimate of drug-likeness (QED) is 0.180. The van der Waals surface area contributed by atoms with Crippen LogP contribution in [-0.2, 0) is 0 Å². The molecule has 59 heavy (non-hydrogen) atoms. The van der Waals surface area contributed by atoms with E-state index >= 15 is 0 Å². The van der Waals surface area contributed by atoms with Crippen LogP contribution >= 0.6 is 0 Å². The number of imidazole rings is 1. The van der Waals surface area contributed by atoms with Gasteiger partial charge in [-0.2, -0.15) is 0 Å². The Hall–Kier alpha value is -8.02. The lowest BCUT2D eigenvalue weighted by Crippen LogP contribution is -2.06. The molecule has 5 heteroatoms. The topological polar surface area (TPSA) is 40.0 Å². The Kier molecular flexibility index (Phi) is 6.66. The van der Waals surface area contributed by atoms with Gasteiger partial charge in [0, 0.05) is 38.0 Å². The summed E-state index contributed by atoms with van der Waals surface area (Å²) in [6.07, 6.45) is 0. The third-order valence-electron chi connectivity index (χ3n) is 12.2. The van der Waals surface area contributed by atoms with Crippen LogP contribution in [0.4, 0.5) is 0 Å². The molecule has 13 aromatic rings. The molecule has 0 spiro atoms. The summed E-state index contributed by atoms with van der Waals surface area (Å²) in [5, 5.41) is 8.22. The van der Waals surface area contributed by atoms with Gasteiger partial charge in [0.25, 0.3) is 0 Å². The molecule has 274 valence electrons. The fraction of sp³-hybridized carbons (Fsp3) is 0. The lowest BCUT2D eigenvalue weighted by atomic mass is 9.94. The van der Waals surface area contributed by atoms with Gasteiger partial charge >= 0.3 is 0 Å². The van der Waals surface area contributed by atoms with Crippen molar-refractivity contribution in [1.82, 2.24) is 23.5 Å². The summed E-state index contributed by atoms with van der Waals surface area (Å²) in [4.78, 5) is 10.6. The molecule has 0 saturated carbocycles. The summed E-state index contributed by atoms with van der Waals surface area (Å²) in [5.74, 6) is 0.822. The molecule has 9 aromatic carbocycles. The number of nitrogens with zero attached hydrogens (tertiary/aromatic N) is 5. The first-order chi connectivity index (χ1) is 29.3. The Morgan fingerprint density at radius 2 is 0.881 bits per heavy atom. The highest BCUT2D eigenvalue weighted by Gasteiger charge is 2.23. The summed E-state index contributed by atoms with van der Waals surface area (Å²) in [5.41, 5.74) is 14.3. The van der Waals surface area contributed by atoms with Crippen molar-refractivity contribution < 1.29 is 0 Å². The average molecular weight is 752 g/mol. The molecule has 0 aliphatic carbocycles. The first kappa shape index (κ1) is 32.1. The van der Waals surface area contributed by atoms with E-state index in [0.29, 0.717) is 0 Å². The summed E-state index contributed by atoms with van der Waals surface area (Å²) < 4.78 is 7.00. The van der Waals surface area contributed by atoms with Gasteiger partial charge in [-0.1, -0.05) is 133 Å². The lowest BCUT2D eigenvalue weighted by Gasteiger charge is -2.15. The van der Waals surface area contributed by atoms with E-state index in [-0.39, 0.29) is 0 Å². The molecule has 0 bridgehead atoms.